The number of hydrogen-bond donors (Lipinski definition) is 0. The van der Waals surface area contributed by atoms with E-state index in [1.807, 2.05) is 20.8 Å². The third kappa shape index (κ3) is 4.04. The Morgan fingerprint density at radius 3 is 2.00 bits per heavy atom. The summed E-state index contributed by atoms with van der Waals surface area (Å²) in [7, 11) is 2.96. The lowest BCUT2D eigenvalue weighted by Crippen LogP contribution is -2.50. The van der Waals surface area contributed by atoms with Crippen LogP contribution in [0.3, 0.4) is 0 Å². The topological polar surface area (TPSA) is 36.9 Å². The van der Waals surface area contributed by atoms with Gasteiger partial charge in [0.2, 0.25) is 0 Å². The molecule has 0 amide bonds. The standard InChI is InChI=1S/C10H19O4Si/c1-5-9(11-6-2)10(14-15,12-7-3)13-8-4/h5,9H,1,6-8H2,2-4H3. The van der Waals surface area contributed by atoms with E-state index in [4.69, 9.17) is 18.6 Å². The maximum atomic E-state index is 5.44. The molecular formula is C10H19O4Si. The Balaban J connectivity index is 4.73. The zero-order valence-electron chi connectivity index (χ0n) is 9.62. The van der Waals surface area contributed by atoms with Gasteiger partial charge in [-0.05, 0) is 20.8 Å². The molecule has 1 atom stereocenters. The van der Waals surface area contributed by atoms with Gasteiger partial charge in [0.05, 0.1) is 0 Å². The predicted octanol–water partition coefficient (Wildman–Crippen LogP) is 1.40. The van der Waals surface area contributed by atoms with Gasteiger partial charge in [0, 0.05) is 19.8 Å². The smallest absolute Gasteiger partial charge is 0.304 e. The molecule has 0 heterocycles. The fourth-order valence-corrected chi connectivity index (χ4v) is 1.45. The summed E-state index contributed by atoms with van der Waals surface area (Å²) in [6, 6.07) is 0. The van der Waals surface area contributed by atoms with Gasteiger partial charge in [0.25, 0.3) is 10.5 Å². The molecule has 0 aliphatic heterocycles. The van der Waals surface area contributed by atoms with Crippen molar-refractivity contribution in [3.63, 3.8) is 0 Å². The summed E-state index contributed by atoms with van der Waals surface area (Å²) >= 11 is 0. The molecule has 0 aromatic carbocycles. The van der Waals surface area contributed by atoms with Crippen LogP contribution in [-0.2, 0) is 18.6 Å². The molecule has 0 aliphatic rings. The summed E-state index contributed by atoms with van der Waals surface area (Å²) < 4.78 is 21.4. The summed E-state index contributed by atoms with van der Waals surface area (Å²) in [6.07, 6.45) is 1.11. The van der Waals surface area contributed by atoms with Gasteiger partial charge in [-0.3, -0.25) is 0 Å². The maximum Gasteiger partial charge on any atom is 0.304 e. The van der Waals surface area contributed by atoms with Crippen LogP contribution in [0, 0.1) is 0 Å². The first-order valence-corrected chi connectivity index (χ1v) is 5.48. The van der Waals surface area contributed by atoms with Gasteiger partial charge in [-0.2, -0.15) is 0 Å². The maximum absolute atomic E-state index is 5.44. The minimum Gasteiger partial charge on any atom is -0.368 e. The lowest BCUT2D eigenvalue weighted by atomic mass is 10.3. The van der Waals surface area contributed by atoms with Crippen molar-refractivity contribution >= 4 is 10.5 Å². The molecule has 0 saturated carbocycles. The molecule has 0 fully saturated rings. The van der Waals surface area contributed by atoms with E-state index in [1.54, 1.807) is 6.08 Å². The van der Waals surface area contributed by atoms with Gasteiger partial charge in [0.1, 0.15) is 0 Å². The van der Waals surface area contributed by atoms with Crippen molar-refractivity contribution in [3.05, 3.63) is 12.7 Å². The molecule has 0 rings (SSSR count). The van der Waals surface area contributed by atoms with Crippen LogP contribution in [0.5, 0.6) is 0 Å². The molecule has 0 aliphatic carbocycles. The van der Waals surface area contributed by atoms with E-state index in [-0.39, 0.29) is 0 Å². The summed E-state index contributed by atoms with van der Waals surface area (Å²) in [5.41, 5.74) is 0. The Bertz CT molecular complexity index is 169. The first kappa shape index (κ1) is 14.8. The van der Waals surface area contributed by atoms with Crippen molar-refractivity contribution in [1.29, 1.82) is 0 Å². The van der Waals surface area contributed by atoms with E-state index in [0.29, 0.717) is 19.8 Å². The lowest BCUT2D eigenvalue weighted by Gasteiger charge is -2.36. The third-order valence-corrected chi connectivity index (χ3v) is 2.03. The van der Waals surface area contributed by atoms with Crippen molar-refractivity contribution in [2.75, 3.05) is 19.8 Å². The molecule has 0 N–H and O–H groups in total. The molecular weight excluding hydrogens is 212 g/mol. The molecule has 4 nitrogen and oxygen atoms in total. The van der Waals surface area contributed by atoms with E-state index in [1.165, 1.54) is 0 Å². The van der Waals surface area contributed by atoms with Crippen LogP contribution in [0.1, 0.15) is 20.8 Å². The van der Waals surface area contributed by atoms with Crippen LogP contribution in [0.25, 0.3) is 0 Å². The minimum atomic E-state index is -1.27. The molecule has 3 radical (unpaired) electrons. The van der Waals surface area contributed by atoms with Crippen LogP contribution >= 0.6 is 0 Å². The average molecular weight is 231 g/mol. The van der Waals surface area contributed by atoms with Crippen LogP contribution in [0.4, 0.5) is 0 Å². The van der Waals surface area contributed by atoms with Crippen molar-refractivity contribution in [2.45, 2.75) is 32.8 Å². The normalized spacial score (nSPS) is 13.9. The summed E-state index contributed by atoms with van der Waals surface area (Å²) in [4.78, 5) is 0. The van der Waals surface area contributed by atoms with Gasteiger partial charge in [-0.25, -0.2) is 0 Å². The quantitative estimate of drug-likeness (QED) is 0.341. The van der Waals surface area contributed by atoms with E-state index in [9.17, 15) is 0 Å². The highest BCUT2D eigenvalue weighted by molar-refractivity contribution is 5.98. The Kier molecular flexibility index (Phi) is 7.90. The van der Waals surface area contributed by atoms with Crippen LogP contribution < -0.4 is 0 Å². The van der Waals surface area contributed by atoms with Crippen molar-refractivity contribution in [1.82, 2.24) is 0 Å². The highest BCUT2D eigenvalue weighted by Gasteiger charge is 2.40. The second-order valence-corrected chi connectivity index (χ2v) is 2.89. The fraction of sp³-hybridized carbons (Fsp3) is 0.800. The largest absolute Gasteiger partial charge is 0.368 e. The van der Waals surface area contributed by atoms with Crippen LogP contribution in [0.15, 0.2) is 12.7 Å². The Labute approximate surface area is 95.1 Å². The third-order valence-electron chi connectivity index (χ3n) is 1.74. The van der Waals surface area contributed by atoms with Crippen molar-refractivity contribution in [3.8, 4) is 0 Å². The zero-order chi connectivity index (χ0) is 11.7. The minimum absolute atomic E-state index is 0.446. The fourth-order valence-electron chi connectivity index (χ4n) is 1.22. The number of rotatable bonds is 9. The lowest BCUT2D eigenvalue weighted by molar-refractivity contribution is -0.374. The van der Waals surface area contributed by atoms with Gasteiger partial charge in [0.15, 0.2) is 6.10 Å². The molecule has 0 spiro atoms. The Morgan fingerprint density at radius 1 is 1.20 bits per heavy atom. The van der Waals surface area contributed by atoms with Crippen molar-refractivity contribution in [2.24, 2.45) is 0 Å². The summed E-state index contributed by atoms with van der Waals surface area (Å²) in [5, 5.41) is 0. The zero-order valence-corrected chi connectivity index (χ0v) is 10.6. The molecule has 15 heavy (non-hydrogen) atoms. The first-order chi connectivity index (χ1) is 7.20. The van der Waals surface area contributed by atoms with Crippen molar-refractivity contribution < 1.29 is 18.6 Å². The molecule has 0 saturated heterocycles. The number of hydrogen-bond acceptors (Lipinski definition) is 4. The van der Waals surface area contributed by atoms with E-state index >= 15 is 0 Å². The van der Waals surface area contributed by atoms with Crippen LogP contribution in [-0.4, -0.2) is 42.4 Å². The first-order valence-electron chi connectivity index (χ1n) is 5.07. The van der Waals surface area contributed by atoms with Gasteiger partial charge < -0.3 is 18.6 Å². The van der Waals surface area contributed by atoms with Crippen LogP contribution in [0.2, 0.25) is 0 Å². The SMILES string of the molecule is C=CC(OCC)C(O[Si])(OCC)OCC. The summed E-state index contributed by atoms with van der Waals surface area (Å²) in [6.45, 7) is 10.7. The predicted molar refractivity (Wildman–Crippen MR) is 58.4 cm³/mol. The van der Waals surface area contributed by atoms with Gasteiger partial charge in [-0.15, -0.1) is 6.58 Å². The van der Waals surface area contributed by atoms with E-state index in [2.05, 4.69) is 17.1 Å². The molecule has 5 heteroatoms. The molecule has 87 valence electrons. The molecule has 0 aromatic heterocycles. The van der Waals surface area contributed by atoms with Gasteiger partial charge in [-0.1, -0.05) is 6.08 Å². The number of ether oxygens (including phenoxy) is 3. The average Bonchev–Trinajstić information content (AvgIpc) is 2.25. The van der Waals surface area contributed by atoms with Gasteiger partial charge >= 0.3 is 5.97 Å². The molecule has 1 unspecified atom stereocenters. The second-order valence-electron chi connectivity index (χ2n) is 2.68. The Hall–Kier alpha value is -0.203. The highest BCUT2D eigenvalue weighted by atomic mass is 28.2. The van der Waals surface area contributed by atoms with E-state index in [0.717, 1.165) is 0 Å². The Morgan fingerprint density at radius 2 is 1.73 bits per heavy atom. The second kappa shape index (κ2) is 8.01. The molecule has 0 aromatic rings. The molecule has 0 bridgehead atoms. The monoisotopic (exact) mass is 231 g/mol. The summed E-state index contributed by atoms with van der Waals surface area (Å²) in [5.74, 6) is -1.27. The highest BCUT2D eigenvalue weighted by Crippen LogP contribution is 2.22. The van der Waals surface area contributed by atoms with E-state index < -0.39 is 12.1 Å².